The number of rotatable bonds is 3. The molecule has 1 fully saturated rings. The number of piperidine rings is 1. The summed E-state index contributed by atoms with van der Waals surface area (Å²) in [5.41, 5.74) is 2.20. The number of fused-ring (bicyclic) bond motifs is 2. The molecule has 2 aromatic heterocycles. The molecule has 6 heteroatoms. The van der Waals surface area contributed by atoms with Crippen molar-refractivity contribution in [3.05, 3.63) is 62.5 Å². The zero-order valence-electron chi connectivity index (χ0n) is 16.7. The van der Waals surface area contributed by atoms with E-state index in [1.165, 1.54) is 16.9 Å². The van der Waals surface area contributed by atoms with Crippen LogP contribution in [0.15, 0.2) is 35.1 Å². The van der Waals surface area contributed by atoms with Crippen molar-refractivity contribution in [3.8, 4) is 0 Å². The van der Waals surface area contributed by atoms with Crippen LogP contribution < -0.4 is 5.56 Å². The molecule has 1 saturated heterocycles. The largest absolute Gasteiger partial charge is 0.338 e. The topological polar surface area (TPSA) is 55.2 Å². The highest BCUT2D eigenvalue weighted by molar-refractivity contribution is 7.20. The third-order valence-electron chi connectivity index (χ3n) is 6.37. The van der Waals surface area contributed by atoms with Gasteiger partial charge in [0.15, 0.2) is 0 Å². The van der Waals surface area contributed by atoms with Crippen LogP contribution in [-0.4, -0.2) is 33.4 Å². The Hall–Kier alpha value is -2.47. The van der Waals surface area contributed by atoms with E-state index in [9.17, 15) is 9.59 Å². The summed E-state index contributed by atoms with van der Waals surface area (Å²) in [5, 5.41) is 0.642. The molecule has 2 aliphatic rings. The maximum Gasteiger partial charge on any atom is 0.264 e. The fourth-order valence-corrected chi connectivity index (χ4v) is 5.87. The first-order valence-electron chi connectivity index (χ1n) is 10.5. The lowest BCUT2D eigenvalue weighted by Gasteiger charge is -2.32. The number of aryl methyl sites for hydroxylation is 2. The Bertz CT molecular complexity index is 1120. The molecule has 3 aromatic rings. The maximum absolute atomic E-state index is 13.2. The minimum atomic E-state index is 0.0249. The zero-order chi connectivity index (χ0) is 20.0. The van der Waals surface area contributed by atoms with Crippen LogP contribution in [0.5, 0.6) is 0 Å². The fraction of sp³-hybridized carbons (Fsp3) is 0.435. The Labute approximate surface area is 174 Å². The highest BCUT2D eigenvalue weighted by Crippen LogP contribution is 2.31. The number of likely N-dealkylation sites (tertiary alicyclic amines) is 1. The summed E-state index contributed by atoms with van der Waals surface area (Å²) in [6, 6.07) is 10.6. The predicted octanol–water partition coefficient (Wildman–Crippen LogP) is 3.81. The van der Waals surface area contributed by atoms with Crippen molar-refractivity contribution < 1.29 is 4.79 Å². The molecule has 4 heterocycles. The van der Waals surface area contributed by atoms with Crippen LogP contribution in [0.1, 0.15) is 45.9 Å². The summed E-state index contributed by atoms with van der Waals surface area (Å²) >= 11 is 1.39. The van der Waals surface area contributed by atoms with E-state index in [4.69, 9.17) is 4.98 Å². The normalized spacial score (nSPS) is 17.1. The molecular formula is C23H25N3O2S. The number of hydrogen-bond acceptors (Lipinski definition) is 4. The first-order chi connectivity index (χ1) is 14.1. The maximum atomic E-state index is 13.2. The number of thiophene rings is 1. The molecule has 0 N–H and O–H groups in total. The van der Waals surface area contributed by atoms with Gasteiger partial charge in [-0.3, -0.25) is 14.2 Å². The van der Waals surface area contributed by atoms with E-state index >= 15 is 0 Å². The van der Waals surface area contributed by atoms with Gasteiger partial charge in [0.25, 0.3) is 11.5 Å². The van der Waals surface area contributed by atoms with Crippen molar-refractivity contribution >= 4 is 27.5 Å². The third-order valence-corrected chi connectivity index (χ3v) is 7.55. The number of nitrogens with zero attached hydrogens (tertiary/aromatic N) is 3. The summed E-state index contributed by atoms with van der Waals surface area (Å²) in [4.78, 5) is 34.2. The fourth-order valence-electron chi connectivity index (χ4n) is 4.71. The first-order valence-corrected chi connectivity index (χ1v) is 11.3. The first kappa shape index (κ1) is 18.6. The molecule has 2 aliphatic heterocycles. The van der Waals surface area contributed by atoms with Gasteiger partial charge in [0.1, 0.15) is 10.7 Å². The van der Waals surface area contributed by atoms with Crippen molar-refractivity contribution in [3.63, 3.8) is 0 Å². The Morgan fingerprint density at radius 3 is 2.69 bits per heavy atom. The van der Waals surface area contributed by atoms with Crippen molar-refractivity contribution in [2.45, 2.75) is 45.6 Å². The lowest BCUT2D eigenvalue weighted by molar-refractivity contribution is 0.0695. The molecule has 150 valence electrons. The van der Waals surface area contributed by atoms with Gasteiger partial charge in [0, 0.05) is 26.1 Å². The Morgan fingerprint density at radius 2 is 1.93 bits per heavy atom. The SMILES string of the molecule is Cc1c(C(=O)N2CCC(Cc3ccccc3)CC2)sc2nc3n(c(=O)c12)CCC3. The molecule has 0 aliphatic carbocycles. The van der Waals surface area contributed by atoms with E-state index < -0.39 is 0 Å². The highest BCUT2D eigenvalue weighted by Gasteiger charge is 2.28. The standard InChI is InChI=1S/C23H25N3O2S/c1-15-19-21(24-18-8-5-11-26(18)22(19)27)29-20(15)23(28)25-12-9-17(10-13-25)14-16-6-3-2-4-7-16/h2-4,6-7,17H,5,8-14H2,1H3. The molecule has 0 radical (unpaired) electrons. The van der Waals surface area contributed by atoms with Crippen LogP contribution in [0.4, 0.5) is 0 Å². The Kier molecular flexibility index (Phi) is 4.74. The molecule has 0 spiro atoms. The van der Waals surface area contributed by atoms with Gasteiger partial charge in [-0.05, 0) is 49.7 Å². The average Bonchev–Trinajstić information content (AvgIpc) is 3.34. The monoisotopic (exact) mass is 407 g/mol. The quantitative estimate of drug-likeness (QED) is 0.663. The lowest BCUT2D eigenvalue weighted by atomic mass is 9.90. The smallest absolute Gasteiger partial charge is 0.264 e. The van der Waals surface area contributed by atoms with E-state index in [0.29, 0.717) is 16.2 Å². The van der Waals surface area contributed by atoms with E-state index in [0.717, 1.165) is 68.0 Å². The lowest BCUT2D eigenvalue weighted by Crippen LogP contribution is -2.38. The number of carbonyl (C=O) groups is 1. The minimum Gasteiger partial charge on any atom is -0.338 e. The molecule has 5 nitrogen and oxygen atoms in total. The van der Waals surface area contributed by atoms with Crippen LogP contribution >= 0.6 is 11.3 Å². The van der Waals surface area contributed by atoms with Gasteiger partial charge < -0.3 is 4.90 Å². The molecule has 0 saturated carbocycles. The average molecular weight is 408 g/mol. The molecule has 1 aromatic carbocycles. The van der Waals surface area contributed by atoms with Crippen molar-refractivity contribution in [2.24, 2.45) is 5.92 Å². The molecule has 29 heavy (non-hydrogen) atoms. The number of benzene rings is 1. The van der Waals surface area contributed by atoms with Gasteiger partial charge in [0.2, 0.25) is 0 Å². The molecule has 0 unspecified atom stereocenters. The second kappa shape index (κ2) is 7.41. The van der Waals surface area contributed by atoms with Crippen molar-refractivity contribution in [1.82, 2.24) is 14.5 Å². The Morgan fingerprint density at radius 1 is 1.17 bits per heavy atom. The second-order valence-electron chi connectivity index (χ2n) is 8.25. The predicted molar refractivity (Wildman–Crippen MR) is 116 cm³/mol. The summed E-state index contributed by atoms with van der Waals surface area (Å²) in [6.45, 7) is 4.21. The number of amides is 1. The van der Waals surface area contributed by atoms with Gasteiger partial charge in [-0.15, -0.1) is 11.3 Å². The van der Waals surface area contributed by atoms with Gasteiger partial charge in [0.05, 0.1) is 10.3 Å². The number of aromatic nitrogens is 2. The van der Waals surface area contributed by atoms with E-state index in [2.05, 4.69) is 24.3 Å². The van der Waals surface area contributed by atoms with Gasteiger partial charge in [-0.2, -0.15) is 0 Å². The summed E-state index contributed by atoms with van der Waals surface area (Å²) in [6.07, 6.45) is 4.96. The van der Waals surface area contributed by atoms with Crippen molar-refractivity contribution in [1.29, 1.82) is 0 Å². The van der Waals surface area contributed by atoms with Crippen LogP contribution in [0.25, 0.3) is 10.2 Å². The third kappa shape index (κ3) is 3.29. The minimum absolute atomic E-state index is 0.0249. The van der Waals surface area contributed by atoms with E-state index in [1.54, 1.807) is 4.57 Å². The Balaban J connectivity index is 1.34. The van der Waals surface area contributed by atoms with Crippen LogP contribution in [0.3, 0.4) is 0 Å². The molecule has 0 bridgehead atoms. The summed E-state index contributed by atoms with van der Waals surface area (Å²) in [5.74, 6) is 1.55. The summed E-state index contributed by atoms with van der Waals surface area (Å²) < 4.78 is 1.78. The number of hydrogen-bond donors (Lipinski definition) is 0. The van der Waals surface area contributed by atoms with Crippen molar-refractivity contribution in [2.75, 3.05) is 13.1 Å². The number of carbonyl (C=O) groups excluding carboxylic acids is 1. The van der Waals surface area contributed by atoms with Gasteiger partial charge in [-0.25, -0.2) is 4.98 Å². The zero-order valence-corrected chi connectivity index (χ0v) is 17.5. The highest BCUT2D eigenvalue weighted by atomic mass is 32.1. The van der Waals surface area contributed by atoms with Gasteiger partial charge in [-0.1, -0.05) is 30.3 Å². The van der Waals surface area contributed by atoms with E-state index in [1.807, 2.05) is 17.9 Å². The van der Waals surface area contributed by atoms with Crippen LogP contribution in [0, 0.1) is 12.8 Å². The van der Waals surface area contributed by atoms with Crippen LogP contribution in [-0.2, 0) is 19.4 Å². The van der Waals surface area contributed by atoms with Crippen LogP contribution in [0.2, 0.25) is 0 Å². The molecule has 0 atom stereocenters. The molecule has 1 amide bonds. The molecular weight excluding hydrogens is 382 g/mol. The second-order valence-corrected chi connectivity index (χ2v) is 9.25. The molecule has 5 rings (SSSR count). The summed E-state index contributed by atoms with van der Waals surface area (Å²) in [7, 11) is 0. The van der Waals surface area contributed by atoms with Gasteiger partial charge >= 0.3 is 0 Å². The van der Waals surface area contributed by atoms with E-state index in [-0.39, 0.29) is 11.5 Å².